The van der Waals surface area contributed by atoms with Crippen LogP contribution in [-0.4, -0.2) is 6.21 Å². The van der Waals surface area contributed by atoms with Gasteiger partial charge in [0.05, 0.1) is 6.21 Å². The van der Waals surface area contributed by atoms with Crippen LogP contribution in [0.1, 0.15) is 5.56 Å². The van der Waals surface area contributed by atoms with Crippen molar-refractivity contribution >= 4 is 30.6 Å². The second kappa shape index (κ2) is 3.64. The summed E-state index contributed by atoms with van der Waals surface area (Å²) in [6, 6.07) is 8.15. The van der Waals surface area contributed by atoms with Crippen LogP contribution in [0.25, 0.3) is 0 Å². The Bertz CT molecular complexity index is 275. The summed E-state index contributed by atoms with van der Waals surface area (Å²) in [5.74, 6) is 0. The van der Waals surface area contributed by atoms with Crippen LogP contribution in [-0.2, 0) is 0 Å². The monoisotopic (exact) mass is 186 g/mol. The Balaban J connectivity index is 0.000000605. The molecule has 11 heavy (non-hydrogen) atoms. The Labute approximate surface area is 75.6 Å². The van der Waals surface area contributed by atoms with Crippen LogP contribution in [0.3, 0.4) is 0 Å². The number of nitrogens with one attached hydrogen (secondary N) is 1. The van der Waals surface area contributed by atoms with E-state index in [9.17, 15) is 0 Å². The van der Waals surface area contributed by atoms with E-state index < -0.39 is 0 Å². The molecular formula is C7H7ClN2S. The average molecular weight is 187 g/mol. The van der Waals surface area contributed by atoms with Gasteiger partial charge < -0.3 is 0 Å². The Kier molecular flexibility index (Phi) is 2.79. The average Bonchev–Trinajstić information content (AvgIpc) is 2.05. The summed E-state index contributed by atoms with van der Waals surface area (Å²) < 4.78 is 0. The number of fused-ring (bicyclic) bond motifs is 1. The molecule has 0 fully saturated rings. The number of benzene rings is 1. The van der Waals surface area contributed by atoms with Crippen LogP contribution in [0.15, 0.2) is 34.3 Å². The highest BCUT2D eigenvalue weighted by atomic mass is 35.5. The first-order valence-corrected chi connectivity index (χ1v) is 3.82. The fraction of sp³-hybridized carbons (Fsp3) is 0. The molecule has 0 unspecified atom stereocenters. The summed E-state index contributed by atoms with van der Waals surface area (Å²) >= 11 is 1.54. The SMILES string of the molecule is C1=NNSc2ccccc21.Cl. The molecular weight excluding hydrogens is 180 g/mol. The quantitative estimate of drug-likeness (QED) is 0.628. The Morgan fingerprint density at radius 3 is 2.91 bits per heavy atom. The van der Waals surface area contributed by atoms with Crippen molar-refractivity contribution in [2.75, 3.05) is 0 Å². The van der Waals surface area contributed by atoms with Crippen molar-refractivity contribution in [1.82, 2.24) is 4.83 Å². The van der Waals surface area contributed by atoms with E-state index in [1.54, 1.807) is 11.9 Å². The molecule has 2 rings (SSSR count). The van der Waals surface area contributed by atoms with E-state index in [0.717, 1.165) is 0 Å². The lowest BCUT2D eigenvalue weighted by molar-refractivity contribution is 1.10. The van der Waals surface area contributed by atoms with Crippen molar-refractivity contribution < 1.29 is 0 Å². The van der Waals surface area contributed by atoms with E-state index in [0.29, 0.717) is 0 Å². The van der Waals surface area contributed by atoms with Crippen molar-refractivity contribution in [3.8, 4) is 0 Å². The van der Waals surface area contributed by atoms with Gasteiger partial charge in [-0.1, -0.05) is 18.2 Å². The molecule has 58 valence electrons. The standard InChI is InChI=1S/C7H6N2S.ClH/c1-2-4-7-6(3-1)5-8-9-10-7;/h1-5,9H;1H. The highest BCUT2D eigenvalue weighted by Gasteiger charge is 2.01. The normalized spacial score (nSPS) is 12.7. The minimum Gasteiger partial charge on any atom is -0.247 e. The molecule has 2 nitrogen and oxygen atoms in total. The zero-order valence-electron chi connectivity index (χ0n) is 5.65. The maximum Gasteiger partial charge on any atom is 0.0562 e. The van der Waals surface area contributed by atoms with Gasteiger partial charge in [-0.3, -0.25) is 0 Å². The minimum atomic E-state index is 0. The molecule has 0 spiro atoms. The molecule has 1 N–H and O–H groups in total. The van der Waals surface area contributed by atoms with Crippen molar-refractivity contribution in [1.29, 1.82) is 0 Å². The lowest BCUT2D eigenvalue weighted by Crippen LogP contribution is -2.01. The van der Waals surface area contributed by atoms with Crippen molar-refractivity contribution in [2.45, 2.75) is 4.90 Å². The number of hydrogen-bond acceptors (Lipinski definition) is 3. The predicted molar refractivity (Wildman–Crippen MR) is 50.3 cm³/mol. The molecule has 1 heterocycles. The van der Waals surface area contributed by atoms with Gasteiger partial charge in [0.2, 0.25) is 0 Å². The Hall–Kier alpha value is -0.670. The van der Waals surface area contributed by atoms with Gasteiger partial charge in [-0.25, -0.2) is 4.83 Å². The van der Waals surface area contributed by atoms with E-state index in [2.05, 4.69) is 16.0 Å². The number of hydrogen-bond donors (Lipinski definition) is 1. The van der Waals surface area contributed by atoms with E-state index in [1.807, 2.05) is 24.4 Å². The predicted octanol–water partition coefficient (Wildman–Crippen LogP) is 2.05. The third-order valence-electron chi connectivity index (χ3n) is 1.33. The summed E-state index contributed by atoms with van der Waals surface area (Å²) in [4.78, 5) is 4.06. The van der Waals surface area contributed by atoms with Crippen LogP contribution in [0.2, 0.25) is 0 Å². The van der Waals surface area contributed by atoms with Crippen LogP contribution in [0.5, 0.6) is 0 Å². The molecule has 0 aromatic heterocycles. The molecule has 4 heteroatoms. The second-order valence-electron chi connectivity index (χ2n) is 1.99. The van der Waals surface area contributed by atoms with Crippen molar-refractivity contribution in [3.63, 3.8) is 0 Å². The first-order valence-electron chi connectivity index (χ1n) is 3.01. The van der Waals surface area contributed by atoms with Crippen LogP contribution in [0, 0.1) is 0 Å². The Morgan fingerprint density at radius 2 is 2.09 bits per heavy atom. The van der Waals surface area contributed by atoms with Gasteiger partial charge in [-0.2, -0.15) is 5.10 Å². The lowest BCUT2D eigenvalue weighted by atomic mass is 10.2. The maximum atomic E-state index is 3.91. The summed E-state index contributed by atoms with van der Waals surface area (Å²) in [5.41, 5.74) is 1.19. The Morgan fingerprint density at radius 1 is 1.27 bits per heavy atom. The lowest BCUT2D eigenvalue weighted by Gasteiger charge is -2.07. The number of halogens is 1. The summed E-state index contributed by atoms with van der Waals surface area (Å²) in [6.07, 6.45) is 1.83. The molecule has 1 aromatic rings. The molecule has 0 saturated heterocycles. The molecule has 1 aliphatic rings. The molecule has 1 aromatic carbocycles. The van der Waals surface area contributed by atoms with E-state index in [4.69, 9.17) is 0 Å². The molecule has 0 radical (unpaired) electrons. The topological polar surface area (TPSA) is 24.4 Å². The fourth-order valence-corrected chi connectivity index (χ4v) is 1.44. The zero-order chi connectivity index (χ0) is 6.81. The maximum absolute atomic E-state index is 3.91. The molecule has 0 atom stereocenters. The van der Waals surface area contributed by atoms with Crippen LogP contribution in [0.4, 0.5) is 0 Å². The summed E-state index contributed by atoms with van der Waals surface area (Å²) in [7, 11) is 0. The largest absolute Gasteiger partial charge is 0.247 e. The van der Waals surface area contributed by atoms with E-state index in [1.165, 1.54) is 10.5 Å². The highest BCUT2D eigenvalue weighted by Crippen LogP contribution is 2.20. The van der Waals surface area contributed by atoms with Gasteiger partial charge >= 0.3 is 0 Å². The third kappa shape index (κ3) is 1.67. The van der Waals surface area contributed by atoms with Gasteiger partial charge in [0.15, 0.2) is 0 Å². The fourth-order valence-electron chi connectivity index (χ4n) is 0.852. The van der Waals surface area contributed by atoms with Crippen molar-refractivity contribution in [2.24, 2.45) is 5.10 Å². The summed E-state index contributed by atoms with van der Waals surface area (Å²) in [5, 5.41) is 3.91. The third-order valence-corrected chi connectivity index (χ3v) is 2.12. The van der Waals surface area contributed by atoms with E-state index in [-0.39, 0.29) is 12.4 Å². The van der Waals surface area contributed by atoms with Gasteiger partial charge in [0.25, 0.3) is 0 Å². The zero-order valence-corrected chi connectivity index (χ0v) is 7.28. The highest BCUT2D eigenvalue weighted by molar-refractivity contribution is 7.97. The molecule has 0 saturated carbocycles. The number of hydrazone groups is 1. The first-order chi connectivity index (χ1) is 4.97. The molecule has 0 amide bonds. The first kappa shape index (κ1) is 8.43. The number of rotatable bonds is 0. The van der Waals surface area contributed by atoms with Gasteiger partial charge in [0, 0.05) is 22.4 Å². The van der Waals surface area contributed by atoms with Gasteiger partial charge in [0.1, 0.15) is 0 Å². The second-order valence-corrected chi connectivity index (χ2v) is 2.82. The van der Waals surface area contributed by atoms with Gasteiger partial charge in [-0.15, -0.1) is 12.4 Å². The minimum absolute atomic E-state index is 0. The molecule has 0 bridgehead atoms. The smallest absolute Gasteiger partial charge is 0.0562 e. The summed E-state index contributed by atoms with van der Waals surface area (Å²) in [6.45, 7) is 0. The van der Waals surface area contributed by atoms with Crippen LogP contribution < -0.4 is 4.83 Å². The van der Waals surface area contributed by atoms with Crippen LogP contribution >= 0.6 is 24.4 Å². The number of nitrogens with zero attached hydrogens (tertiary/aromatic N) is 1. The molecule has 1 aliphatic heterocycles. The molecule has 0 aliphatic carbocycles. The van der Waals surface area contributed by atoms with Crippen molar-refractivity contribution in [3.05, 3.63) is 29.8 Å². The van der Waals surface area contributed by atoms with E-state index >= 15 is 0 Å². The van der Waals surface area contributed by atoms with Gasteiger partial charge in [-0.05, 0) is 6.07 Å².